The van der Waals surface area contributed by atoms with Gasteiger partial charge in [0.15, 0.2) is 0 Å². The van der Waals surface area contributed by atoms with Crippen LogP contribution in [0.2, 0.25) is 0 Å². The molecule has 0 spiro atoms. The zero-order chi connectivity index (χ0) is 20.2. The Balaban J connectivity index is 1.85. The third-order valence-electron chi connectivity index (χ3n) is 4.85. The number of imidazole rings is 1. The Hall–Kier alpha value is -3.36. The Morgan fingerprint density at radius 1 is 1.32 bits per heavy atom. The number of hydrogen-bond acceptors (Lipinski definition) is 5. The lowest BCUT2D eigenvalue weighted by Crippen LogP contribution is -2.37. The fourth-order valence-corrected chi connectivity index (χ4v) is 3.55. The summed E-state index contributed by atoms with van der Waals surface area (Å²) in [5, 5.41) is 7.22. The molecule has 0 unspecified atom stereocenters. The number of nitrogens with two attached hydrogens (primary N) is 1. The van der Waals surface area contributed by atoms with Gasteiger partial charge in [-0.05, 0) is 45.9 Å². The van der Waals surface area contributed by atoms with Crippen LogP contribution in [0, 0.1) is 6.92 Å². The molecule has 1 aromatic carbocycles. The van der Waals surface area contributed by atoms with Gasteiger partial charge in [-0.25, -0.2) is 4.98 Å². The molecule has 0 bridgehead atoms. The predicted octanol–water partition coefficient (Wildman–Crippen LogP) is 2.04. The summed E-state index contributed by atoms with van der Waals surface area (Å²) in [6.45, 7) is 8.70. The third-order valence-corrected chi connectivity index (χ3v) is 4.85. The molecule has 9 nitrogen and oxygen atoms in total. The number of hydrogen-bond donors (Lipinski definition) is 2. The van der Waals surface area contributed by atoms with Crippen molar-refractivity contribution in [2.24, 2.45) is 5.73 Å². The summed E-state index contributed by atoms with van der Waals surface area (Å²) in [7, 11) is 0. The Kier molecular flexibility index (Phi) is 3.91. The van der Waals surface area contributed by atoms with Crippen LogP contribution in [0.3, 0.4) is 0 Å². The van der Waals surface area contributed by atoms with Crippen LogP contribution in [-0.4, -0.2) is 37.8 Å². The minimum Gasteiger partial charge on any atom is -0.489 e. The molecule has 0 fully saturated rings. The van der Waals surface area contributed by atoms with Gasteiger partial charge in [-0.1, -0.05) is 0 Å². The highest BCUT2D eigenvalue weighted by Crippen LogP contribution is 2.39. The van der Waals surface area contributed by atoms with Crippen LogP contribution in [0.25, 0.3) is 11.0 Å². The summed E-state index contributed by atoms with van der Waals surface area (Å²) in [5.41, 5.74) is 7.78. The lowest BCUT2D eigenvalue weighted by atomic mass is 10.0. The van der Waals surface area contributed by atoms with Crippen molar-refractivity contribution in [3.05, 3.63) is 35.2 Å². The van der Waals surface area contributed by atoms with Gasteiger partial charge < -0.3 is 10.5 Å². The molecule has 3 aromatic rings. The minimum absolute atomic E-state index is 0.298. The first kappa shape index (κ1) is 18.0. The Morgan fingerprint density at radius 2 is 2.07 bits per heavy atom. The second kappa shape index (κ2) is 6.08. The number of benzene rings is 1. The van der Waals surface area contributed by atoms with Crippen molar-refractivity contribution in [2.75, 3.05) is 11.9 Å². The molecule has 0 radical (unpaired) electrons. The van der Waals surface area contributed by atoms with Crippen LogP contribution in [-0.2, 0) is 12.1 Å². The van der Waals surface area contributed by atoms with Gasteiger partial charge >= 0.3 is 0 Å². The number of amides is 2. The zero-order valence-corrected chi connectivity index (χ0v) is 16.2. The van der Waals surface area contributed by atoms with E-state index in [0.717, 1.165) is 11.2 Å². The van der Waals surface area contributed by atoms with Gasteiger partial charge in [0.25, 0.3) is 5.91 Å². The number of ether oxygens (including phenoxy) is 1. The first-order valence-corrected chi connectivity index (χ1v) is 9.06. The van der Waals surface area contributed by atoms with Crippen LogP contribution in [0.1, 0.15) is 47.3 Å². The summed E-state index contributed by atoms with van der Waals surface area (Å²) in [5.74, 6) is 0.0489. The largest absolute Gasteiger partial charge is 0.489 e. The van der Waals surface area contributed by atoms with Crippen molar-refractivity contribution < 1.29 is 14.3 Å². The molecule has 3 heterocycles. The van der Waals surface area contributed by atoms with E-state index < -0.39 is 11.4 Å². The number of primary amides is 1. The van der Waals surface area contributed by atoms with E-state index in [0.29, 0.717) is 41.6 Å². The van der Waals surface area contributed by atoms with E-state index in [1.54, 1.807) is 22.9 Å². The van der Waals surface area contributed by atoms with Crippen molar-refractivity contribution in [3.63, 3.8) is 0 Å². The van der Waals surface area contributed by atoms with Crippen LogP contribution in [0.15, 0.2) is 18.2 Å². The van der Waals surface area contributed by atoms with E-state index in [2.05, 4.69) is 15.4 Å². The Morgan fingerprint density at radius 3 is 2.75 bits per heavy atom. The first-order chi connectivity index (χ1) is 13.2. The lowest BCUT2D eigenvalue weighted by Gasteiger charge is -2.33. The van der Waals surface area contributed by atoms with E-state index in [-0.39, 0.29) is 5.91 Å². The van der Waals surface area contributed by atoms with E-state index in [1.165, 1.54) is 0 Å². The monoisotopic (exact) mass is 382 g/mol. The maximum Gasteiger partial charge on any atom is 0.276 e. The molecular formula is C19H22N6O3. The number of aryl methyl sites for hydroxylation is 2. The molecular weight excluding hydrogens is 360 g/mol. The average molecular weight is 382 g/mol. The molecule has 1 aliphatic heterocycles. The van der Waals surface area contributed by atoms with Gasteiger partial charge in [0.1, 0.15) is 23.6 Å². The molecule has 3 N–H and O–H groups in total. The van der Waals surface area contributed by atoms with Gasteiger partial charge in [-0.15, -0.1) is 0 Å². The molecule has 2 aromatic heterocycles. The van der Waals surface area contributed by atoms with E-state index in [4.69, 9.17) is 10.5 Å². The van der Waals surface area contributed by atoms with Crippen molar-refractivity contribution in [1.82, 2.24) is 19.3 Å². The predicted molar refractivity (Wildman–Crippen MR) is 104 cm³/mol. The second-order valence-electron chi connectivity index (χ2n) is 7.52. The average Bonchev–Trinajstić information content (AvgIpc) is 3.19. The van der Waals surface area contributed by atoms with Crippen molar-refractivity contribution in [1.29, 1.82) is 0 Å². The number of carbonyl (C=O) groups is 2. The quantitative estimate of drug-likeness (QED) is 0.716. The van der Waals surface area contributed by atoms with Gasteiger partial charge in [-0.3, -0.25) is 24.2 Å². The number of anilines is 1. The van der Waals surface area contributed by atoms with Crippen molar-refractivity contribution in [3.8, 4) is 5.75 Å². The van der Waals surface area contributed by atoms with Crippen LogP contribution < -0.4 is 15.8 Å². The zero-order valence-electron chi connectivity index (χ0n) is 16.2. The maximum atomic E-state index is 12.9. The molecule has 4 rings (SSSR count). The highest BCUT2D eigenvalue weighted by molar-refractivity contribution is 6.04. The summed E-state index contributed by atoms with van der Waals surface area (Å²) in [6, 6.07) is 4.96. The SMILES string of the molecule is CCn1nc(C)cc1C(=O)Nc1nc2cc(C(N)=O)cc3c2n1C(C)(C)CO3. The number of carbonyl (C=O) groups excluding carboxylic acids is 2. The van der Waals surface area contributed by atoms with Gasteiger partial charge in [0, 0.05) is 12.1 Å². The highest BCUT2D eigenvalue weighted by atomic mass is 16.5. The molecule has 28 heavy (non-hydrogen) atoms. The lowest BCUT2D eigenvalue weighted by molar-refractivity contribution is 0.0995. The van der Waals surface area contributed by atoms with E-state index in [1.807, 2.05) is 32.3 Å². The fraction of sp³-hybridized carbons (Fsp3) is 0.368. The minimum atomic E-state index is -0.561. The fourth-order valence-electron chi connectivity index (χ4n) is 3.55. The smallest absolute Gasteiger partial charge is 0.276 e. The molecule has 2 amide bonds. The topological polar surface area (TPSA) is 117 Å². The number of nitrogens with one attached hydrogen (secondary N) is 1. The van der Waals surface area contributed by atoms with Crippen molar-refractivity contribution >= 4 is 28.8 Å². The van der Waals surface area contributed by atoms with Gasteiger partial charge in [0.2, 0.25) is 11.9 Å². The van der Waals surface area contributed by atoms with Gasteiger partial charge in [-0.2, -0.15) is 5.10 Å². The maximum absolute atomic E-state index is 12.9. The van der Waals surface area contributed by atoms with E-state index in [9.17, 15) is 9.59 Å². The van der Waals surface area contributed by atoms with Crippen molar-refractivity contribution in [2.45, 2.75) is 39.8 Å². The standard InChI is InChI=1S/C19H22N6O3/c1-5-24-13(6-10(2)23-24)17(27)22-18-21-12-7-11(16(20)26)8-14-15(12)25(18)19(3,4)9-28-14/h6-8H,5,9H2,1-4H3,(H2,20,26)(H,21,22,27). The highest BCUT2D eigenvalue weighted by Gasteiger charge is 2.34. The second-order valence-corrected chi connectivity index (χ2v) is 7.52. The molecule has 0 atom stereocenters. The van der Waals surface area contributed by atoms with Crippen LogP contribution in [0.5, 0.6) is 5.75 Å². The number of rotatable bonds is 4. The van der Waals surface area contributed by atoms with Crippen LogP contribution >= 0.6 is 0 Å². The van der Waals surface area contributed by atoms with Gasteiger partial charge in [0.05, 0.1) is 16.7 Å². The molecule has 0 saturated heterocycles. The molecule has 146 valence electrons. The molecule has 1 aliphatic rings. The Bertz CT molecular complexity index is 1120. The summed E-state index contributed by atoms with van der Waals surface area (Å²) in [4.78, 5) is 29.1. The molecule has 0 saturated carbocycles. The van der Waals surface area contributed by atoms with Crippen LogP contribution in [0.4, 0.5) is 5.95 Å². The third kappa shape index (κ3) is 2.70. The molecule has 0 aliphatic carbocycles. The first-order valence-electron chi connectivity index (χ1n) is 9.06. The Labute approximate surface area is 161 Å². The summed E-state index contributed by atoms with van der Waals surface area (Å²) in [6.07, 6.45) is 0. The summed E-state index contributed by atoms with van der Waals surface area (Å²) < 4.78 is 9.43. The number of aromatic nitrogens is 4. The molecule has 9 heteroatoms. The van der Waals surface area contributed by atoms with E-state index >= 15 is 0 Å². The summed E-state index contributed by atoms with van der Waals surface area (Å²) >= 11 is 0. The number of nitrogens with zero attached hydrogens (tertiary/aromatic N) is 4. The normalized spacial score (nSPS) is 14.7.